The minimum absolute atomic E-state index is 0.254. The second kappa shape index (κ2) is 5.85. The van der Waals surface area contributed by atoms with Gasteiger partial charge in [-0.25, -0.2) is 8.42 Å². The van der Waals surface area contributed by atoms with Crippen LogP contribution in [0.3, 0.4) is 0 Å². The zero-order valence-corrected chi connectivity index (χ0v) is 14.3. The Labute approximate surface area is 131 Å². The number of halogens is 1. The number of anilines is 1. The Bertz CT molecular complexity index is 716. The van der Waals surface area contributed by atoms with Gasteiger partial charge in [0.1, 0.15) is 0 Å². The average Bonchev–Trinajstić information content (AvgIpc) is 2.83. The van der Waals surface area contributed by atoms with E-state index in [0.29, 0.717) is 12.2 Å². The molecule has 2 rings (SSSR count). The second-order valence-electron chi connectivity index (χ2n) is 4.47. The Morgan fingerprint density at radius 1 is 1.25 bits per heavy atom. The highest BCUT2D eigenvalue weighted by Gasteiger charge is 2.18. The van der Waals surface area contributed by atoms with E-state index in [9.17, 15) is 8.42 Å². The van der Waals surface area contributed by atoms with Crippen LogP contribution in [0.2, 0.25) is 0 Å². The minimum atomic E-state index is -3.57. The second-order valence-corrected chi connectivity index (χ2v) is 8.07. The van der Waals surface area contributed by atoms with Crippen LogP contribution < -0.4 is 10.5 Å². The third-order valence-electron chi connectivity index (χ3n) is 2.88. The Morgan fingerprint density at radius 2 is 1.85 bits per heavy atom. The van der Waals surface area contributed by atoms with Gasteiger partial charge in [0.15, 0.2) is 0 Å². The van der Waals surface area contributed by atoms with Crippen molar-refractivity contribution in [3.05, 3.63) is 44.1 Å². The fourth-order valence-corrected chi connectivity index (χ4v) is 4.92. The molecular formula is C13H15BrN2O2S2. The lowest BCUT2D eigenvalue weighted by atomic mass is 10.1. The van der Waals surface area contributed by atoms with Crippen LogP contribution in [0.4, 0.5) is 5.69 Å². The first-order valence-corrected chi connectivity index (χ1v) is 9.06. The normalized spacial score (nSPS) is 11.6. The number of nitrogens with two attached hydrogens (primary N) is 1. The minimum Gasteiger partial charge on any atom is -0.326 e. The van der Waals surface area contributed by atoms with Crippen molar-refractivity contribution in [1.29, 1.82) is 0 Å². The molecule has 0 radical (unpaired) electrons. The molecule has 4 nitrogen and oxygen atoms in total. The maximum atomic E-state index is 12.4. The zero-order chi connectivity index (χ0) is 14.9. The van der Waals surface area contributed by atoms with Crippen molar-refractivity contribution < 1.29 is 8.42 Å². The molecule has 108 valence electrons. The maximum Gasteiger partial charge on any atom is 0.262 e. The Hall–Kier alpha value is -0.890. The molecule has 0 aliphatic carbocycles. The summed E-state index contributed by atoms with van der Waals surface area (Å²) in [6.45, 7) is 4.08. The maximum absolute atomic E-state index is 12.4. The largest absolute Gasteiger partial charge is 0.326 e. The van der Waals surface area contributed by atoms with Gasteiger partial charge in [-0.1, -0.05) is 15.9 Å². The molecule has 3 N–H and O–H groups in total. The van der Waals surface area contributed by atoms with Crippen molar-refractivity contribution in [3.8, 4) is 0 Å². The fourth-order valence-electron chi connectivity index (χ4n) is 1.87. The molecule has 1 aromatic carbocycles. The highest BCUT2D eigenvalue weighted by molar-refractivity contribution is 9.10. The number of hydrogen-bond donors (Lipinski definition) is 2. The first kappa shape index (κ1) is 15.5. The fraction of sp³-hybridized carbons (Fsp3) is 0.231. The van der Waals surface area contributed by atoms with E-state index < -0.39 is 10.0 Å². The van der Waals surface area contributed by atoms with E-state index in [1.165, 1.54) is 11.3 Å². The van der Waals surface area contributed by atoms with Gasteiger partial charge in [-0.3, -0.25) is 4.72 Å². The quantitative estimate of drug-likeness (QED) is 0.861. The van der Waals surface area contributed by atoms with E-state index in [2.05, 4.69) is 20.7 Å². The predicted octanol–water partition coefficient (Wildman–Crippen LogP) is 3.39. The summed E-state index contributed by atoms with van der Waals surface area (Å²) in [6, 6.07) is 5.37. The van der Waals surface area contributed by atoms with E-state index in [1.807, 2.05) is 26.0 Å². The van der Waals surface area contributed by atoms with E-state index in [0.717, 1.165) is 20.5 Å². The van der Waals surface area contributed by atoms with Gasteiger partial charge < -0.3 is 5.73 Å². The van der Waals surface area contributed by atoms with Crippen LogP contribution in [-0.2, 0) is 16.6 Å². The summed E-state index contributed by atoms with van der Waals surface area (Å²) in [4.78, 5) is 1.10. The number of nitrogens with one attached hydrogen (secondary N) is 1. The van der Waals surface area contributed by atoms with Gasteiger partial charge in [0.2, 0.25) is 0 Å². The highest BCUT2D eigenvalue weighted by atomic mass is 79.9. The van der Waals surface area contributed by atoms with E-state index >= 15 is 0 Å². The van der Waals surface area contributed by atoms with E-state index in [-0.39, 0.29) is 4.90 Å². The van der Waals surface area contributed by atoms with Gasteiger partial charge in [-0.15, -0.1) is 11.3 Å². The SMILES string of the molecule is Cc1cc(Br)cc(C)c1NS(=O)(=O)c1csc(CN)c1. The summed E-state index contributed by atoms with van der Waals surface area (Å²) < 4.78 is 28.3. The lowest BCUT2D eigenvalue weighted by Gasteiger charge is -2.13. The molecule has 0 unspecified atom stereocenters. The number of hydrogen-bond acceptors (Lipinski definition) is 4. The Morgan fingerprint density at radius 3 is 2.35 bits per heavy atom. The molecule has 0 spiro atoms. The third-order valence-corrected chi connectivity index (χ3v) is 5.77. The molecule has 0 bridgehead atoms. The molecule has 1 aromatic heterocycles. The van der Waals surface area contributed by atoms with E-state index in [1.54, 1.807) is 11.4 Å². The van der Waals surface area contributed by atoms with Crippen LogP contribution in [0.5, 0.6) is 0 Å². The molecule has 2 aromatic rings. The van der Waals surface area contributed by atoms with E-state index in [4.69, 9.17) is 5.73 Å². The monoisotopic (exact) mass is 374 g/mol. The average molecular weight is 375 g/mol. The van der Waals surface area contributed by atoms with Crippen LogP contribution in [0.1, 0.15) is 16.0 Å². The van der Waals surface area contributed by atoms with Crippen LogP contribution in [0.15, 0.2) is 32.9 Å². The van der Waals surface area contributed by atoms with Gasteiger partial charge >= 0.3 is 0 Å². The molecular weight excluding hydrogens is 360 g/mol. The summed E-state index contributed by atoms with van der Waals surface area (Å²) in [5, 5.41) is 1.61. The first-order valence-electron chi connectivity index (χ1n) is 5.90. The summed E-state index contributed by atoms with van der Waals surface area (Å²) in [5.74, 6) is 0. The van der Waals surface area contributed by atoms with Crippen LogP contribution in [0, 0.1) is 13.8 Å². The molecule has 0 atom stereocenters. The highest BCUT2D eigenvalue weighted by Crippen LogP contribution is 2.28. The molecule has 0 fully saturated rings. The summed E-state index contributed by atoms with van der Waals surface area (Å²) >= 11 is 4.74. The van der Waals surface area contributed by atoms with Crippen LogP contribution in [0.25, 0.3) is 0 Å². The lowest BCUT2D eigenvalue weighted by molar-refractivity contribution is 0.601. The third kappa shape index (κ3) is 3.22. The van der Waals surface area contributed by atoms with Gasteiger partial charge in [0.05, 0.1) is 10.6 Å². The number of benzene rings is 1. The predicted molar refractivity (Wildman–Crippen MR) is 86.6 cm³/mol. The van der Waals surface area contributed by atoms with Crippen LogP contribution >= 0.6 is 27.3 Å². The van der Waals surface area contributed by atoms with Crippen molar-refractivity contribution in [2.24, 2.45) is 5.73 Å². The lowest BCUT2D eigenvalue weighted by Crippen LogP contribution is -2.14. The molecule has 0 aliphatic rings. The summed E-state index contributed by atoms with van der Waals surface area (Å²) in [5.41, 5.74) is 7.87. The topological polar surface area (TPSA) is 72.2 Å². The van der Waals surface area contributed by atoms with Gasteiger partial charge in [-0.05, 0) is 43.2 Å². The van der Waals surface area contributed by atoms with Gasteiger partial charge in [0.25, 0.3) is 10.0 Å². The first-order chi connectivity index (χ1) is 9.33. The summed E-state index contributed by atoms with van der Waals surface area (Å²) in [6.07, 6.45) is 0. The summed E-state index contributed by atoms with van der Waals surface area (Å²) in [7, 11) is -3.57. The molecule has 7 heteroatoms. The Kier molecular flexibility index (Phi) is 4.53. The van der Waals surface area contributed by atoms with Crippen molar-refractivity contribution in [3.63, 3.8) is 0 Å². The molecule has 0 aliphatic heterocycles. The number of thiophene rings is 1. The molecule has 0 saturated heterocycles. The smallest absolute Gasteiger partial charge is 0.262 e. The molecule has 0 saturated carbocycles. The number of sulfonamides is 1. The van der Waals surface area contributed by atoms with Gasteiger partial charge in [-0.2, -0.15) is 0 Å². The number of aryl methyl sites for hydroxylation is 2. The molecule has 20 heavy (non-hydrogen) atoms. The zero-order valence-electron chi connectivity index (χ0n) is 11.1. The van der Waals surface area contributed by atoms with Crippen molar-refractivity contribution in [1.82, 2.24) is 0 Å². The van der Waals surface area contributed by atoms with Crippen molar-refractivity contribution in [2.45, 2.75) is 25.3 Å². The number of rotatable bonds is 4. The standard InChI is InChI=1S/C13H15BrN2O2S2/c1-8-3-10(14)4-9(2)13(8)16-20(17,18)12-5-11(6-15)19-7-12/h3-5,7,16H,6,15H2,1-2H3. The Balaban J connectivity index is 2.38. The molecule has 0 amide bonds. The molecule has 1 heterocycles. The van der Waals surface area contributed by atoms with Crippen LogP contribution in [-0.4, -0.2) is 8.42 Å². The van der Waals surface area contributed by atoms with Gasteiger partial charge in [0, 0.05) is 21.3 Å². The van der Waals surface area contributed by atoms with Crippen molar-refractivity contribution in [2.75, 3.05) is 4.72 Å². The van der Waals surface area contributed by atoms with Crippen molar-refractivity contribution >= 4 is 43.0 Å².